The minimum Gasteiger partial charge on any atom is -0.480 e. The monoisotopic (exact) mass is 219 g/mol. The Morgan fingerprint density at radius 3 is 2.47 bits per heavy atom. The van der Waals surface area contributed by atoms with Gasteiger partial charge in [0, 0.05) is 6.92 Å². The summed E-state index contributed by atoms with van der Waals surface area (Å²) in [6.45, 7) is 1.13. The molecule has 6 heteroatoms. The molecule has 2 rings (SSSR count). The third kappa shape index (κ3) is 1.31. The summed E-state index contributed by atoms with van der Waals surface area (Å²) >= 11 is 0. The van der Waals surface area contributed by atoms with Crippen LogP contribution in [0, 0.1) is 5.92 Å². The molecule has 2 fully saturated rings. The van der Waals surface area contributed by atoms with Crippen molar-refractivity contribution in [2.75, 3.05) is 0 Å². The molecule has 1 saturated carbocycles. The van der Waals surface area contributed by atoms with Crippen LogP contribution >= 0.6 is 0 Å². The van der Waals surface area contributed by atoms with Crippen LogP contribution in [-0.4, -0.2) is 39.9 Å². The molecule has 0 unspecified atom stereocenters. The van der Waals surface area contributed by atoms with Crippen molar-refractivity contribution in [3.05, 3.63) is 0 Å². The smallest absolute Gasteiger partial charge is 0.326 e. The Hall–Kier alpha value is -1.20. The molecule has 0 aromatic carbocycles. The van der Waals surface area contributed by atoms with Gasteiger partial charge in [0.25, 0.3) is 5.92 Å². The van der Waals surface area contributed by atoms with Crippen molar-refractivity contribution in [2.45, 2.75) is 37.8 Å². The number of carbonyl (C=O) groups excluding carboxylic acids is 1. The molecule has 0 bridgehead atoms. The third-order valence-electron chi connectivity index (χ3n) is 3.20. The highest BCUT2D eigenvalue weighted by atomic mass is 19.3. The number of hydrogen-bond acceptors (Lipinski definition) is 2. The molecule has 4 nitrogen and oxygen atoms in total. The van der Waals surface area contributed by atoms with Crippen molar-refractivity contribution < 1.29 is 23.5 Å². The van der Waals surface area contributed by atoms with E-state index in [1.807, 2.05) is 0 Å². The predicted molar refractivity (Wildman–Crippen MR) is 45.4 cm³/mol. The van der Waals surface area contributed by atoms with E-state index >= 15 is 0 Å². The number of alkyl halides is 2. The lowest BCUT2D eigenvalue weighted by molar-refractivity contribution is -0.152. The summed E-state index contributed by atoms with van der Waals surface area (Å²) in [6, 6.07) is -2.28. The molecule has 3 atom stereocenters. The zero-order chi connectivity index (χ0) is 11.4. The minimum absolute atomic E-state index is 0.117. The molecule has 15 heavy (non-hydrogen) atoms. The zero-order valence-electron chi connectivity index (χ0n) is 8.11. The maximum atomic E-state index is 13.2. The van der Waals surface area contributed by atoms with Crippen LogP contribution < -0.4 is 0 Å². The largest absolute Gasteiger partial charge is 0.480 e. The van der Waals surface area contributed by atoms with Gasteiger partial charge in [-0.05, 0) is 12.8 Å². The number of likely N-dealkylation sites (tertiary alicyclic amines) is 1. The minimum atomic E-state index is -2.89. The summed E-state index contributed by atoms with van der Waals surface area (Å²) in [6.07, 6.45) is 0.296. The number of aliphatic carboxylic acids is 1. The highest BCUT2D eigenvalue weighted by Gasteiger charge is 2.73. The van der Waals surface area contributed by atoms with E-state index in [9.17, 15) is 18.4 Å². The predicted octanol–water partition coefficient (Wildman–Crippen LogP) is 0.716. The van der Waals surface area contributed by atoms with Gasteiger partial charge in [-0.1, -0.05) is 0 Å². The maximum absolute atomic E-state index is 13.2. The molecule has 1 aliphatic heterocycles. The first-order valence-corrected chi connectivity index (χ1v) is 4.77. The van der Waals surface area contributed by atoms with Crippen LogP contribution in [-0.2, 0) is 9.59 Å². The fraction of sp³-hybridized carbons (Fsp3) is 0.778. The number of piperidine rings is 1. The number of rotatable bonds is 1. The van der Waals surface area contributed by atoms with E-state index in [0.29, 0.717) is 0 Å². The van der Waals surface area contributed by atoms with Crippen LogP contribution in [0.5, 0.6) is 0 Å². The average Bonchev–Trinajstić information content (AvgIpc) is 2.68. The fourth-order valence-electron chi connectivity index (χ4n) is 2.43. The van der Waals surface area contributed by atoms with Gasteiger partial charge in [0.2, 0.25) is 5.91 Å². The highest BCUT2D eigenvalue weighted by molar-refractivity contribution is 5.83. The third-order valence-corrected chi connectivity index (χ3v) is 3.20. The molecule has 1 amide bonds. The van der Waals surface area contributed by atoms with Gasteiger partial charge >= 0.3 is 5.97 Å². The molecule has 1 heterocycles. The molecule has 0 spiro atoms. The number of fused-ring (bicyclic) bond motifs is 1. The van der Waals surface area contributed by atoms with E-state index < -0.39 is 35.8 Å². The number of carboxylic acid groups (broad SMARTS) is 1. The second-order valence-electron chi connectivity index (χ2n) is 4.08. The Balaban J connectivity index is 2.25. The summed E-state index contributed by atoms with van der Waals surface area (Å²) in [5, 5.41) is 8.83. The first kappa shape index (κ1) is 10.3. The lowest BCUT2D eigenvalue weighted by Gasteiger charge is -2.30. The van der Waals surface area contributed by atoms with Crippen molar-refractivity contribution in [3.63, 3.8) is 0 Å². The first-order chi connectivity index (χ1) is 6.87. The molecule has 1 saturated heterocycles. The number of carbonyl (C=O) groups is 2. The summed E-state index contributed by atoms with van der Waals surface area (Å²) in [5.74, 6) is -5.52. The van der Waals surface area contributed by atoms with Gasteiger partial charge in [-0.15, -0.1) is 0 Å². The number of carboxylic acids is 1. The van der Waals surface area contributed by atoms with Crippen LogP contribution in [0.4, 0.5) is 8.78 Å². The van der Waals surface area contributed by atoms with Gasteiger partial charge in [-0.2, -0.15) is 0 Å². The summed E-state index contributed by atoms with van der Waals surface area (Å²) < 4.78 is 26.3. The van der Waals surface area contributed by atoms with Gasteiger partial charge in [-0.3, -0.25) is 4.79 Å². The molecular weight excluding hydrogens is 208 g/mol. The molecule has 1 aliphatic carbocycles. The van der Waals surface area contributed by atoms with Crippen LogP contribution in [0.2, 0.25) is 0 Å². The summed E-state index contributed by atoms with van der Waals surface area (Å²) in [5.41, 5.74) is 0. The van der Waals surface area contributed by atoms with Crippen molar-refractivity contribution in [3.8, 4) is 0 Å². The van der Waals surface area contributed by atoms with Gasteiger partial charge in [0.05, 0.1) is 5.92 Å². The number of hydrogen-bond donors (Lipinski definition) is 1. The van der Waals surface area contributed by atoms with Gasteiger partial charge in [0.1, 0.15) is 12.1 Å². The van der Waals surface area contributed by atoms with E-state index in [0.717, 1.165) is 11.8 Å². The standard InChI is InChI=1S/C9H11F2NO3/c1-4(13)12-6(8(14)15)3-2-5-7(12)9(5,10)11/h5-7H,2-3H2,1H3,(H,14,15)/t5-,6-,7+/m1/s1. The lowest BCUT2D eigenvalue weighted by Crippen LogP contribution is -2.49. The van der Waals surface area contributed by atoms with Crippen molar-refractivity contribution in [1.82, 2.24) is 4.90 Å². The zero-order valence-corrected chi connectivity index (χ0v) is 8.11. The second kappa shape index (κ2) is 2.90. The van der Waals surface area contributed by atoms with E-state index in [-0.39, 0.29) is 12.8 Å². The molecular formula is C9H11F2NO3. The molecule has 2 aliphatic rings. The fourth-order valence-corrected chi connectivity index (χ4v) is 2.43. The molecule has 0 radical (unpaired) electrons. The van der Waals surface area contributed by atoms with Crippen molar-refractivity contribution in [1.29, 1.82) is 0 Å². The topological polar surface area (TPSA) is 57.6 Å². The van der Waals surface area contributed by atoms with Crippen LogP contribution in [0.3, 0.4) is 0 Å². The molecule has 0 aromatic rings. The molecule has 84 valence electrons. The Kier molecular flexibility index (Phi) is 1.99. The van der Waals surface area contributed by atoms with Crippen LogP contribution in [0.25, 0.3) is 0 Å². The van der Waals surface area contributed by atoms with E-state index in [4.69, 9.17) is 5.11 Å². The summed E-state index contributed by atoms with van der Waals surface area (Å²) in [7, 11) is 0. The van der Waals surface area contributed by atoms with Gasteiger partial charge in [0.15, 0.2) is 0 Å². The summed E-state index contributed by atoms with van der Waals surface area (Å²) in [4.78, 5) is 22.8. The van der Waals surface area contributed by atoms with Crippen LogP contribution in [0.1, 0.15) is 19.8 Å². The normalized spacial score (nSPS) is 37.0. The number of nitrogens with zero attached hydrogens (tertiary/aromatic N) is 1. The Labute approximate surface area is 84.9 Å². The number of amides is 1. The van der Waals surface area contributed by atoms with E-state index in [1.54, 1.807) is 0 Å². The Morgan fingerprint density at radius 1 is 1.40 bits per heavy atom. The van der Waals surface area contributed by atoms with Crippen molar-refractivity contribution in [2.24, 2.45) is 5.92 Å². The number of halogens is 2. The maximum Gasteiger partial charge on any atom is 0.326 e. The van der Waals surface area contributed by atoms with Crippen molar-refractivity contribution >= 4 is 11.9 Å². The quantitative estimate of drug-likeness (QED) is 0.706. The van der Waals surface area contributed by atoms with Gasteiger partial charge < -0.3 is 10.0 Å². The second-order valence-corrected chi connectivity index (χ2v) is 4.08. The highest BCUT2D eigenvalue weighted by Crippen LogP contribution is 2.58. The molecule has 1 N–H and O–H groups in total. The lowest BCUT2D eigenvalue weighted by atomic mass is 10.0. The van der Waals surface area contributed by atoms with E-state index in [1.165, 1.54) is 0 Å². The van der Waals surface area contributed by atoms with E-state index in [2.05, 4.69) is 0 Å². The SMILES string of the molecule is CC(=O)N1[C@@H](C(=O)O)CC[C@@H]2[C@H]1C2(F)F. The van der Waals surface area contributed by atoms with Crippen LogP contribution in [0.15, 0.2) is 0 Å². The Bertz CT molecular complexity index is 331. The first-order valence-electron chi connectivity index (χ1n) is 4.77. The Morgan fingerprint density at radius 2 is 2.00 bits per heavy atom. The average molecular weight is 219 g/mol. The van der Waals surface area contributed by atoms with Gasteiger partial charge in [-0.25, -0.2) is 13.6 Å². The molecule has 0 aromatic heterocycles.